The molecule has 4 rings (SSSR count). The molecular weight excluding hydrogens is 352 g/mol. The van der Waals surface area contributed by atoms with Crippen LogP contribution in [0.15, 0.2) is 60.8 Å². The second-order valence-corrected chi connectivity index (χ2v) is 6.87. The van der Waals surface area contributed by atoms with Crippen LogP contribution in [0.4, 0.5) is 5.69 Å². The van der Waals surface area contributed by atoms with Gasteiger partial charge in [0.1, 0.15) is 5.75 Å². The molecule has 0 unspecified atom stereocenters. The van der Waals surface area contributed by atoms with Gasteiger partial charge in [0, 0.05) is 5.92 Å². The van der Waals surface area contributed by atoms with Crippen molar-refractivity contribution in [2.75, 3.05) is 25.5 Å². The van der Waals surface area contributed by atoms with Crippen molar-refractivity contribution in [1.82, 2.24) is 15.1 Å². The van der Waals surface area contributed by atoms with Crippen LogP contribution in [0.3, 0.4) is 0 Å². The lowest BCUT2D eigenvalue weighted by Crippen LogP contribution is -2.29. The summed E-state index contributed by atoms with van der Waals surface area (Å²) in [4.78, 5) is 13.2. The lowest BCUT2D eigenvalue weighted by Gasteiger charge is -2.24. The van der Waals surface area contributed by atoms with Crippen molar-refractivity contribution in [2.24, 2.45) is 0 Å². The number of piperidine rings is 1. The number of aromatic nitrogens is 2. The number of methoxy groups -OCH3 is 1. The van der Waals surface area contributed by atoms with E-state index in [9.17, 15) is 4.79 Å². The Kier molecular flexibility index (Phi) is 5.39. The molecule has 2 aromatic carbocycles. The number of carbonyl (C=O) groups excluding carboxylic acids is 1. The van der Waals surface area contributed by atoms with Gasteiger partial charge in [-0.1, -0.05) is 30.3 Å². The third-order valence-corrected chi connectivity index (χ3v) is 5.13. The first-order valence-corrected chi connectivity index (χ1v) is 9.56. The minimum absolute atomic E-state index is 0.166. The van der Waals surface area contributed by atoms with Crippen LogP contribution in [0.5, 0.6) is 5.75 Å². The summed E-state index contributed by atoms with van der Waals surface area (Å²) in [5.41, 5.74) is 3.20. The number of hydrogen-bond acceptors (Lipinski definition) is 4. The minimum atomic E-state index is -0.166. The van der Waals surface area contributed by atoms with E-state index in [0.717, 1.165) is 37.3 Å². The molecule has 3 aromatic rings. The number of hydrogen-bond donors (Lipinski definition) is 2. The largest absolute Gasteiger partial charge is 0.495 e. The number of nitrogens with one attached hydrogen (secondary N) is 2. The lowest BCUT2D eigenvalue weighted by molar-refractivity contribution is 0.102. The molecule has 144 valence electrons. The number of rotatable bonds is 5. The highest BCUT2D eigenvalue weighted by molar-refractivity contribution is 6.05. The number of carbonyl (C=O) groups is 1. The van der Waals surface area contributed by atoms with Gasteiger partial charge < -0.3 is 15.4 Å². The number of benzene rings is 2. The molecule has 2 N–H and O–H groups in total. The molecule has 0 bridgehead atoms. The highest BCUT2D eigenvalue weighted by atomic mass is 16.5. The lowest BCUT2D eigenvalue weighted by atomic mass is 9.91. The molecular formula is C22H24N4O2. The smallest absolute Gasteiger partial charge is 0.259 e. The summed E-state index contributed by atoms with van der Waals surface area (Å²) >= 11 is 0. The van der Waals surface area contributed by atoms with E-state index >= 15 is 0 Å². The Bertz CT molecular complexity index is 946. The fraction of sp³-hybridized carbons (Fsp3) is 0.273. The van der Waals surface area contributed by atoms with Crippen LogP contribution in [0.1, 0.15) is 34.8 Å². The first-order valence-electron chi connectivity index (χ1n) is 9.56. The van der Waals surface area contributed by atoms with E-state index in [1.807, 2.05) is 59.3 Å². The maximum absolute atomic E-state index is 13.2. The maximum Gasteiger partial charge on any atom is 0.259 e. The summed E-state index contributed by atoms with van der Waals surface area (Å²) in [7, 11) is 1.60. The fourth-order valence-electron chi connectivity index (χ4n) is 3.73. The van der Waals surface area contributed by atoms with Crippen LogP contribution < -0.4 is 15.4 Å². The van der Waals surface area contributed by atoms with E-state index in [2.05, 4.69) is 15.7 Å². The summed E-state index contributed by atoms with van der Waals surface area (Å²) in [6, 6.07) is 17.4. The van der Waals surface area contributed by atoms with E-state index < -0.39 is 0 Å². The first kappa shape index (κ1) is 18.3. The SMILES string of the molecule is COc1ccccc1NC(=O)c1cnn(-c2ccccc2)c1C1CCNCC1. The standard InChI is InChI=1S/C22H24N4O2/c1-28-20-10-6-5-9-19(20)25-22(27)18-15-24-26(17-7-3-2-4-8-17)21(18)16-11-13-23-14-12-16/h2-10,15-16,23H,11-14H2,1H3,(H,25,27). The van der Waals surface area contributed by atoms with Gasteiger partial charge in [0.25, 0.3) is 5.91 Å². The molecule has 28 heavy (non-hydrogen) atoms. The summed E-state index contributed by atoms with van der Waals surface area (Å²) in [5.74, 6) is 0.748. The fourth-order valence-corrected chi connectivity index (χ4v) is 3.73. The van der Waals surface area contributed by atoms with Gasteiger partial charge in [0.2, 0.25) is 0 Å². The van der Waals surface area contributed by atoms with Crippen molar-refractivity contribution < 1.29 is 9.53 Å². The van der Waals surface area contributed by atoms with E-state index in [-0.39, 0.29) is 11.8 Å². The van der Waals surface area contributed by atoms with Gasteiger partial charge in [-0.15, -0.1) is 0 Å². The van der Waals surface area contributed by atoms with Gasteiger partial charge >= 0.3 is 0 Å². The normalized spacial score (nSPS) is 14.6. The van der Waals surface area contributed by atoms with Crippen LogP contribution >= 0.6 is 0 Å². The van der Waals surface area contributed by atoms with Crippen molar-refractivity contribution in [3.63, 3.8) is 0 Å². The first-order chi connectivity index (χ1) is 13.8. The van der Waals surface area contributed by atoms with Crippen molar-refractivity contribution in [2.45, 2.75) is 18.8 Å². The second kappa shape index (κ2) is 8.27. The third kappa shape index (κ3) is 3.64. The second-order valence-electron chi connectivity index (χ2n) is 6.87. The van der Waals surface area contributed by atoms with Crippen LogP contribution in [0.25, 0.3) is 5.69 Å². The summed E-state index contributed by atoms with van der Waals surface area (Å²) in [6.45, 7) is 1.89. The van der Waals surface area contributed by atoms with Crippen LogP contribution in [0.2, 0.25) is 0 Å². The molecule has 6 nitrogen and oxygen atoms in total. The molecule has 1 aliphatic rings. The summed E-state index contributed by atoms with van der Waals surface area (Å²) in [5, 5.41) is 11.0. The van der Waals surface area contributed by atoms with Gasteiger partial charge in [-0.25, -0.2) is 4.68 Å². The molecule has 1 amide bonds. The van der Waals surface area contributed by atoms with Crippen LogP contribution in [0, 0.1) is 0 Å². The van der Waals surface area contributed by atoms with E-state index in [0.29, 0.717) is 17.0 Å². The molecule has 2 heterocycles. The zero-order valence-corrected chi connectivity index (χ0v) is 15.9. The molecule has 0 radical (unpaired) electrons. The van der Waals surface area contributed by atoms with Gasteiger partial charge in [-0.2, -0.15) is 5.10 Å². The Labute approximate surface area is 164 Å². The zero-order valence-electron chi connectivity index (χ0n) is 15.9. The van der Waals surface area contributed by atoms with E-state index in [4.69, 9.17) is 4.74 Å². The van der Waals surface area contributed by atoms with Gasteiger partial charge in [-0.3, -0.25) is 4.79 Å². The van der Waals surface area contributed by atoms with Gasteiger partial charge in [-0.05, 0) is 50.2 Å². The molecule has 0 aliphatic carbocycles. The minimum Gasteiger partial charge on any atom is -0.495 e. The molecule has 1 aromatic heterocycles. The van der Waals surface area contributed by atoms with Crippen LogP contribution in [-0.2, 0) is 0 Å². The number of ether oxygens (including phenoxy) is 1. The molecule has 1 saturated heterocycles. The quantitative estimate of drug-likeness (QED) is 0.714. The van der Waals surface area contributed by atoms with E-state index in [1.165, 1.54) is 0 Å². The molecule has 0 saturated carbocycles. The van der Waals surface area contributed by atoms with Crippen molar-refractivity contribution in [3.05, 3.63) is 72.1 Å². The molecule has 1 aliphatic heterocycles. The highest BCUT2D eigenvalue weighted by Crippen LogP contribution is 2.31. The monoisotopic (exact) mass is 376 g/mol. The maximum atomic E-state index is 13.2. The summed E-state index contributed by atoms with van der Waals surface area (Å²) < 4.78 is 7.27. The zero-order chi connectivity index (χ0) is 19.3. The Morgan fingerprint density at radius 3 is 2.57 bits per heavy atom. The van der Waals surface area contributed by atoms with Crippen molar-refractivity contribution in [3.8, 4) is 11.4 Å². The van der Waals surface area contributed by atoms with Gasteiger partial charge in [0.05, 0.1) is 35.9 Å². The highest BCUT2D eigenvalue weighted by Gasteiger charge is 2.27. The molecule has 0 spiro atoms. The number of anilines is 1. The van der Waals surface area contributed by atoms with Crippen molar-refractivity contribution in [1.29, 1.82) is 0 Å². The van der Waals surface area contributed by atoms with Crippen molar-refractivity contribution >= 4 is 11.6 Å². The summed E-state index contributed by atoms with van der Waals surface area (Å²) in [6.07, 6.45) is 3.63. The number of nitrogens with zero attached hydrogens (tertiary/aromatic N) is 2. The molecule has 6 heteroatoms. The third-order valence-electron chi connectivity index (χ3n) is 5.13. The number of para-hydroxylation sites is 3. The Morgan fingerprint density at radius 2 is 1.82 bits per heavy atom. The predicted molar refractivity (Wildman–Crippen MR) is 109 cm³/mol. The Balaban J connectivity index is 1.72. The van der Waals surface area contributed by atoms with E-state index in [1.54, 1.807) is 13.3 Å². The number of amides is 1. The van der Waals surface area contributed by atoms with Crippen LogP contribution in [-0.4, -0.2) is 35.9 Å². The Hall–Kier alpha value is -3.12. The predicted octanol–water partition coefficient (Wildman–Crippen LogP) is 3.60. The topological polar surface area (TPSA) is 68.2 Å². The van der Waals surface area contributed by atoms with Gasteiger partial charge in [0.15, 0.2) is 0 Å². The molecule has 1 fully saturated rings. The Morgan fingerprint density at radius 1 is 1.11 bits per heavy atom. The average molecular weight is 376 g/mol. The average Bonchev–Trinajstić information content (AvgIpc) is 3.21. The molecule has 0 atom stereocenters.